The Hall–Kier alpha value is -2.67. The fraction of sp³-hybridized carbons (Fsp3) is 0.476. The highest BCUT2D eigenvalue weighted by atomic mass is 16.2. The van der Waals surface area contributed by atoms with Crippen LogP contribution >= 0.6 is 0 Å². The molecule has 28 heavy (non-hydrogen) atoms. The van der Waals surface area contributed by atoms with Gasteiger partial charge in [-0.2, -0.15) is 5.10 Å². The molecule has 0 radical (unpaired) electrons. The molecule has 2 N–H and O–H groups in total. The van der Waals surface area contributed by atoms with Crippen molar-refractivity contribution in [2.45, 2.75) is 32.7 Å². The third-order valence-electron chi connectivity index (χ3n) is 5.53. The highest BCUT2D eigenvalue weighted by Gasteiger charge is 2.33. The average Bonchev–Trinajstić information content (AvgIpc) is 3.04. The third-order valence-corrected chi connectivity index (χ3v) is 5.53. The lowest BCUT2D eigenvalue weighted by atomic mass is 10.1. The van der Waals surface area contributed by atoms with Gasteiger partial charge >= 0.3 is 0 Å². The standard InChI is InChI=1S/C21H29N5O2/c1-15-18(16(2)24-23-15)13-20(27)26-12-11-25(19(14-26)21(28)22-3)10-9-17-7-5-4-6-8-17/h4-8,19H,9-14H2,1-3H3,(H,22,28)(H,23,24)/t19-/m1/s1. The number of hydrogen-bond acceptors (Lipinski definition) is 4. The number of nitrogens with one attached hydrogen (secondary N) is 2. The van der Waals surface area contributed by atoms with E-state index in [4.69, 9.17) is 0 Å². The fourth-order valence-corrected chi connectivity index (χ4v) is 3.74. The number of H-pyrrole nitrogens is 1. The summed E-state index contributed by atoms with van der Waals surface area (Å²) in [6.07, 6.45) is 1.20. The smallest absolute Gasteiger partial charge is 0.238 e. The van der Waals surface area contributed by atoms with E-state index in [1.165, 1.54) is 5.56 Å². The molecule has 2 heterocycles. The van der Waals surface area contributed by atoms with Crippen LogP contribution in [0, 0.1) is 13.8 Å². The van der Waals surface area contributed by atoms with Gasteiger partial charge in [-0.25, -0.2) is 0 Å². The fourth-order valence-electron chi connectivity index (χ4n) is 3.74. The number of aryl methyl sites for hydroxylation is 2. The second-order valence-electron chi connectivity index (χ2n) is 7.33. The first-order valence-corrected chi connectivity index (χ1v) is 9.77. The van der Waals surface area contributed by atoms with E-state index in [0.717, 1.165) is 29.9 Å². The number of benzene rings is 1. The van der Waals surface area contributed by atoms with Gasteiger partial charge in [0.05, 0.1) is 12.1 Å². The summed E-state index contributed by atoms with van der Waals surface area (Å²) in [4.78, 5) is 29.3. The van der Waals surface area contributed by atoms with Crippen LogP contribution in [0.25, 0.3) is 0 Å². The summed E-state index contributed by atoms with van der Waals surface area (Å²) in [5, 5.41) is 9.85. The number of carbonyl (C=O) groups excluding carboxylic acids is 2. The number of amides is 2. The van der Waals surface area contributed by atoms with Crippen LogP contribution in [0.2, 0.25) is 0 Å². The Morgan fingerprint density at radius 3 is 2.61 bits per heavy atom. The molecule has 0 unspecified atom stereocenters. The minimum absolute atomic E-state index is 0.0405. The van der Waals surface area contributed by atoms with Crippen LogP contribution in [-0.4, -0.2) is 71.1 Å². The molecule has 2 amide bonds. The van der Waals surface area contributed by atoms with E-state index >= 15 is 0 Å². The molecule has 0 aliphatic carbocycles. The van der Waals surface area contributed by atoms with Crippen LogP contribution in [0.1, 0.15) is 22.5 Å². The molecule has 0 bridgehead atoms. The van der Waals surface area contributed by atoms with Crippen molar-refractivity contribution in [3.05, 3.63) is 52.8 Å². The van der Waals surface area contributed by atoms with E-state index in [2.05, 4.69) is 32.5 Å². The molecular formula is C21H29N5O2. The van der Waals surface area contributed by atoms with Crippen molar-refractivity contribution < 1.29 is 9.59 Å². The number of piperazine rings is 1. The van der Waals surface area contributed by atoms with E-state index < -0.39 is 0 Å². The topological polar surface area (TPSA) is 81.3 Å². The van der Waals surface area contributed by atoms with Gasteiger partial charge in [0.2, 0.25) is 11.8 Å². The van der Waals surface area contributed by atoms with Crippen molar-refractivity contribution >= 4 is 11.8 Å². The molecule has 7 heteroatoms. The average molecular weight is 383 g/mol. The van der Waals surface area contributed by atoms with Crippen molar-refractivity contribution in [3.63, 3.8) is 0 Å². The molecule has 150 valence electrons. The maximum atomic E-state index is 12.8. The van der Waals surface area contributed by atoms with Crippen LogP contribution < -0.4 is 5.32 Å². The van der Waals surface area contributed by atoms with Gasteiger partial charge in [-0.15, -0.1) is 0 Å². The Morgan fingerprint density at radius 2 is 1.96 bits per heavy atom. The predicted molar refractivity (Wildman–Crippen MR) is 108 cm³/mol. The largest absolute Gasteiger partial charge is 0.358 e. The second kappa shape index (κ2) is 9.01. The van der Waals surface area contributed by atoms with Gasteiger partial charge in [-0.3, -0.25) is 19.6 Å². The third kappa shape index (κ3) is 4.59. The summed E-state index contributed by atoms with van der Waals surface area (Å²) >= 11 is 0. The second-order valence-corrected chi connectivity index (χ2v) is 7.33. The predicted octanol–water partition coefficient (Wildman–Crippen LogP) is 1.07. The lowest BCUT2D eigenvalue weighted by molar-refractivity contribution is -0.137. The van der Waals surface area contributed by atoms with E-state index in [0.29, 0.717) is 26.1 Å². The highest BCUT2D eigenvalue weighted by molar-refractivity contribution is 5.84. The lowest BCUT2D eigenvalue weighted by Gasteiger charge is -2.40. The van der Waals surface area contributed by atoms with Crippen molar-refractivity contribution in [3.8, 4) is 0 Å². The van der Waals surface area contributed by atoms with Crippen molar-refractivity contribution in [2.75, 3.05) is 33.2 Å². The number of nitrogens with zero attached hydrogens (tertiary/aromatic N) is 3. The highest BCUT2D eigenvalue weighted by Crippen LogP contribution is 2.16. The molecule has 1 aliphatic heterocycles. The maximum absolute atomic E-state index is 12.8. The molecular weight excluding hydrogens is 354 g/mol. The summed E-state index contributed by atoms with van der Waals surface area (Å²) in [6.45, 7) is 6.38. The summed E-state index contributed by atoms with van der Waals surface area (Å²) < 4.78 is 0. The lowest BCUT2D eigenvalue weighted by Crippen LogP contribution is -2.60. The number of carbonyl (C=O) groups is 2. The molecule has 7 nitrogen and oxygen atoms in total. The van der Waals surface area contributed by atoms with Crippen LogP contribution in [-0.2, 0) is 22.4 Å². The first-order valence-electron chi connectivity index (χ1n) is 9.77. The van der Waals surface area contributed by atoms with E-state index in [-0.39, 0.29) is 17.9 Å². The van der Waals surface area contributed by atoms with E-state index in [1.54, 1.807) is 7.05 Å². The van der Waals surface area contributed by atoms with E-state index in [9.17, 15) is 9.59 Å². The van der Waals surface area contributed by atoms with Gasteiger partial charge in [0.25, 0.3) is 0 Å². The van der Waals surface area contributed by atoms with Gasteiger partial charge < -0.3 is 10.2 Å². The van der Waals surface area contributed by atoms with Crippen LogP contribution in [0.3, 0.4) is 0 Å². The van der Waals surface area contributed by atoms with Gasteiger partial charge in [-0.05, 0) is 25.8 Å². The molecule has 1 atom stereocenters. The van der Waals surface area contributed by atoms with E-state index in [1.807, 2.05) is 36.9 Å². The number of aromatic amines is 1. The number of rotatable bonds is 6. The molecule has 1 saturated heterocycles. The minimum atomic E-state index is -0.321. The van der Waals surface area contributed by atoms with Gasteiger partial charge in [0, 0.05) is 44.5 Å². The Balaban J connectivity index is 1.64. The van der Waals surface area contributed by atoms with Gasteiger partial charge in [0.15, 0.2) is 0 Å². The normalized spacial score (nSPS) is 17.5. The molecule has 2 aromatic rings. The van der Waals surface area contributed by atoms with Gasteiger partial charge in [-0.1, -0.05) is 30.3 Å². The van der Waals surface area contributed by atoms with Crippen molar-refractivity contribution in [1.82, 2.24) is 25.3 Å². The summed E-state index contributed by atoms with van der Waals surface area (Å²) in [5.41, 5.74) is 3.99. The molecule has 0 saturated carbocycles. The zero-order valence-electron chi connectivity index (χ0n) is 16.9. The zero-order valence-corrected chi connectivity index (χ0v) is 16.9. The summed E-state index contributed by atoms with van der Waals surface area (Å²) in [7, 11) is 1.65. The first-order chi connectivity index (χ1) is 13.5. The Bertz CT molecular complexity index is 798. The molecule has 3 rings (SSSR count). The number of likely N-dealkylation sites (N-methyl/N-ethyl adjacent to an activating group) is 1. The number of hydrogen-bond donors (Lipinski definition) is 2. The first kappa shape index (κ1) is 20.1. The summed E-state index contributed by atoms with van der Waals surface area (Å²) in [6, 6.07) is 9.95. The van der Waals surface area contributed by atoms with Crippen LogP contribution in [0.15, 0.2) is 30.3 Å². The summed E-state index contributed by atoms with van der Waals surface area (Å²) in [5.74, 6) is 0.00504. The SMILES string of the molecule is CNC(=O)[C@H]1CN(C(=O)Cc2c(C)n[nH]c2C)CCN1CCc1ccccc1. The Morgan fingerprint density at radius 1 is 1.21 bits per heavy atom. The molecule has 0 spiro atoms. The molecule has 1 fully saturated rings. The van der Waals surface area contributed by atoms with Crippen molar-refractivity contribution in [2.24, 2.45) is 0 Å². The molecule has 1 aromatic carbocycles. The zero-order chi connectivity index (χ0) is 20.1. The Kier molecular flexibility index (Phi) is 6.46. The maximum Gasteiger partial charge on any atom is 0.238 e. The van der Waals surface area contributed by atoms with Gasteiger partial charge in [0.1, 0.15) is 6.04 Å². The molecule has 1 aliphatic rings. The minimum Gasteiger partial charge on any atom is -0.358 e. The Labute approximate surface area is 166 Å². The van der Waals surface area contributed by atoms with Crippen LogP contribution in [0.5, 0.6) is 0 Å². The number of aromatic nitrogens is 2. The van der Waals surface area contributed by atoms with Crippen LogP contribution in [0.4, 0.5) is 0 Å². The van der Waals surface area contributed by atoms with Crippen molar-refractivity contribution in [1.29, 1.82) is 0 Å². The monoisotopic (exact) mass is 383 g/mol. The molecule has 1 aromatic heterocycles. The quantitative estimate of drug-likeness (QED) is 0.782.